The number of carboxylic acid groups (broad SMARTS) is 1. The van der Waals surface area contributed by atoms with Crippen LogP contribution >= 0.6 is 0 Å². The van der Waals surface area contributed by atoms with Crippen LogP contribution in [-0.2, 0) is 4.79 Å². The molecule has 2 atom stereocenters. The van der Waals surface area contributed by atoms with Crippen LogP contribution in [0.3, 0.4) is 0 Å². The highest BCUT2D eigenvalue weighted by atomic mass is 16.5. The van der Waals surface area contributed by atoms with Crippen LogP contribution in [0.5, 0.6) is 5.75 Å². The SMILES string of the molecule is CCC(Oc1ccc(C(C)NC)cc1C)C(=O)O. The summed E-state index contributed by atoms with van der Waals surface area (Å²) < 4.78 is 5.50. The van der Waals surface area contributed by atoms with Crippen molar-refractivity contribution in [2.45, 2.75) is 39.3 Å². The van der Waals surface area contributed by atoms with Crippen LogP contribution in [0.15, 0.2) is 18.2 Å². The van der Waals surface area contributed by atoms with Crippen molar-refractivity contribution in [3.63, 3.8) is 0 Å². The van der Waals surface area contributed by atoms with E-state index in [1.807, 2.05) is 32.2 Å². The fourth-order valence-corrected chi connectivity index (χ4v) is 1.70. The monoisotopic (exact) mass is 251 g/mol. The molecule has 0 aliphatic carbocycles. The Labute approximate surface area is 108 Å². The molecule has 0 radical (unpaired) electrons. The topological polar surface area (TPSA) is 58.6 Å². The molecule has 0 saturated carbocycles. The first-order valence-electron chi connectivity index (χ1n) is 6.16. The molecule has 0 aromatic heterocycles. The molecule has 0 amide bonds. The third-order valence-electron chi connectivity index (χ3n) is 3.05. The van der Waals surface area contributed by atoms with E-state index in [4.69, 9.17) is 9.84 Å². The van der Waals surface area contributed by atoms with Crippen LogP contribution in [-0.4, -0.2) is 24.2 Å². The summed E-state index contributed by atoms with van der Waals surface area (Å²) >= 11 is 0. The van der Waals surface area contributed by atoms with E-state index in [9.17, 15) is 4.79 Å². The third-order valence-corrected chi connectivity index (χ3v) is 3.05. The number of hydrogen-bond donors (Lipinski definition) is 2. The first-order valence-corrected chi connectivity index (χ1v) is 6.16. The number of nitrogens with one attached hydrogen (secondary N) is 1. The van der Waals surface area contributed by atoms with Gasteiger partial charge in [-0.25, -0.2) is 4.79 Å². The highest BCUT2D eigenvalue weighted by Gasteiger charge is 2.17. The molecule has 4 nitrogen and oxygen atoms in total. The van der Waals surface area contributed by atoms with Gasteiger partial charge in [-0.1, -0.05) is 19.1 Å². The second-order valence-electron chi connectivity index (χ2n) is 4.39. The zero-order valence-electron chi connectivity index (χ0n) is 11.4. The minimum absolute atomic E-state index is 0.263. The van der Waals surface area contributed by atoms with Gasteiger partial charge >= 0.3 is 5.97 Å². The molecule has 0 saturated heterocycles. The van der Waals surface area contributed by atoms with Crippen molar-refractivity contribution < 1.29 is 14.6 Å². The summed E-state index contributed by atoms with van der Waals surface area (Å²) in [5.74, 6) is -0.291. The highest BCUT2D eigenvalue weighted by Crippen LogP contribution is 2.24. The molecule has 0 aliphatic rings. The van der Waals surface area contributed by atoms with Crippen LogP contribution in [0.2, 0.25) is 0 Å². The number of rotatable bonds is 6. The van der Waals surface area contributed by atoms with Gasteiger partial charge in [0.05, 0.1) is 0 Å². The lowest BCUT2D eigenvalue weighted by Crippen LogP contribution is -2.26. The van der Waals surface area contributed by atoms with Gasteiger partial charge in [0.2, 0.25) is 0 Å². The molecular weight excluding hydrogens is 230 g/mol. The van der Waals surface area contributed by atoms with Crippen LogP contribution in [0.4, 0.5) is 0 Å². The zero-order chi connectivity index (χ0) is 13.7. The van der Waals surface area contributed by atoms with E-state index in [1.165, 1.54) is 0 Å². The van der Waals surface area contributed by atoms with Crippen LogP contribution < -0.4 is 10.1 Å². The smallest absolute Gasteiger partial charge is 0.344 e. The van der Waals surface area contributed by atoms with Crippen molar-refractivity contribution in [3.05, 3.63) is 29.3 Å². The average Bonchev–Trinajstić information content (AvgIpc) is 2.35. The summed E-state index contributed by atoms with van der Waals surface area (Å²) in [6, 6.07) is 6.08. The van der Waals surface area contributed by atoms with Gasteiger partial charge in [-0.05, 0) is 44.5 Å². The van der Waals surface area contributed by atoms with E-state index in [0.29, 0.717) is 12.2 Å². The van der Waals surface area contributed by atoms with Gasteiger partial charge < -0.3 is 15.2 Å². The molecule has 1 aromatic rings. The van der Waals surface area contributed by atoms with Gasteiger partial charge in [-0.15, -0.1) is 0 Å². The Morgan fingerprint density at radius 2 is 2.17 bits per heavy atom. The van der Waals surface area contributed by atoms with Crippen molar-refractivity contribution in [3.8, 4) is 5.75 Å². The van der Waals surface area contributed by atoms with Crippen molar-refractivity contribution in [2.24, 2.45) is 0 Å². The minimum atomic E-state index is -0.926. The van der Waals surface area contributed by atoms with Crippen molar-refractivity contribution in [1.82, 2.24) is 5.32 Å². The molecule has 0 spiro atoms. The number of ether oxygens (including phenoxy) is 1. The lowest BCUT2D eigenvalue weighted by atomic mass is 10.1. The average molecular weight is 251 g/mol. The fourth-order valence-electron chi connectivity index (χ4n) is 1.70. The van der Waals surface area contributed by atoms with Gasteiger partial charge in [-0.3, -0.25) is 0 Å². The van der Waals surface area contributed by atoms with Gasteiger partial charge in [-0.2, -0.15) is 0 Å². The Balaban J connectivity index is 2.88. The lowest BCUT2D eigenvalue weighted by molar-refractivity contribution is -0.145. The van der Waals surface area contributed by atoms with Gasteiger partial charge in [0.1, 0.15) is 5.75 Å². The summed E-state index contributed by atoms with van der Waals surface area (Å²) in [5.41, 5.74) is 2.11. The number of carbonyl (C=O) groups is 1. The van der Waals surface area contributed by atoms with E-state index < -0.39 is 12.1 Å². The first kappa shape index (κ1) is 14.5. The quantitative estimate of drug-likeness (QED) is 0.815. The third kappa shape index (κ3) is 3.47. The molecule has 4 heteroatoms. The van der Waals surface area contributed by atoms with Gasteiger partial charge in [0.15, 0.2) is 6.10 Å². The summed E-state index contributed by atoms with van der Waals surface area (Å²) in [5, 5.41) is 12.1. The molecule has 2 unspecified atom stereocenters. The number of hydrogen-bond acceptors (Lipinski definition) is 3. The zero-order valence-corrected chi connectivity index (χ0v) is 11.4. The summed E-state index contributed by atoms with van der Waals surface area (Å²) in [6.07, 6.45) is -0.333. The summed E-state index contributed by atoms with van der Waals surface area (Å²) in [4.78, 5) is 10.9. The molecule has 2 N–H and O–H groups in total. The van der Waals surface area contributed by atoms with Crippen molar-refractivity contribution in [1.29, 1.82) is 0 Å². The fraction of sp³-hybridized carbons (Fsp3) is 0.500. The number of aryl methyl sites for hydroxylation is 1. The van der Waals surface area contributed by atoms with Crippen molar-refractivity contribution >= 4 is 5.97 Å². The predicted molar refractivity (Wildman–Crippen MR) is 71.0 cm³/mol. The second-order valence-corrected chi connectivity index (χ2v) is 4.39. The lowest BCUT2D eigenvalue weighted by Gasteiger charge is -2.17. The minimum Gasteiger partial charge on any atom is -0.479 e. The molecule has 1 rings (SSSR count). The number of aliphatic carboxylic acids is 1. The molecule has 18 heavy (non-hydrogen) atoms. The molecule has 0 aliphatic heterocycles. The Kier molecular flexibility index (Phi) is 5.16. The van der Waals surface area contributed by atoms with Crippen LogP contribution in [0, 0.1) is 6.92 Å². The number of benzene rings is 1. The normalized spacial score (nSPS) is 14.0. The molecule has 0 heterocycles. The van der Waals surface area contributed by atoms with E-state index in [-0.39, 0.29) is 6.04 Å². The highest BCUT2D eigenvalue weighted by molar-refractivity contribution is 5.72. The van der Waals surface area contributed by atoms with E-state index in [2.05, 4.69) is 12.2 Å². The molecular formula is C14H21NO3. The Bertz CT molecular complexity index is 418. The maximum atomic E-state index is 10.9. The molecule has 1 aromatic carbocycles. The Hall–Kier alpha value is -1.55. The summed E-state index contributed by atoms with van der Waals surface area (Å²) in [6.45, 7) is 5.79. The largest absolute Gasteiger partial charge is 0.479 e. The molecule has 100 valence electrons. The van der Waals surface area contributed by atoms with E-state index in [1.54, 1.807) is 6.92 Å². The van der Waals surface area contributed by atoms with Crippen LogP contribution in [0.1, 0.15) is 37.4 Å². The Morgan fingerprint density at radius 3 is 2.61 bits per heavy atom. The van der Waals surface area contributed by atoms with Crippen molar-refractivity contribution in [2.75, 3.05) is 7.05 Å². The van der Waals surface area contributed by atoms with E-state index in [0.717, 1.165) is 11.1 Å². The maximum absolute atomic E-state index is 10.9. The standard InChI is InChI=1S/C14H21NO3/c1-5-12(14(16)17)18-13-7-6-11(8-9(13)2)10(3)15-4/h6-8,10,12,15H,5H2,1-4H3,(H,16,17). The second kappa shape index (κ2) is 6.40. The molecule has 0 bridgehead atoms. The van der Waals surface area contributed by atoms with E-state index >= 15 is 0 Å². The molecule has 0 fully saturated rings. The summed E-state index contributed by atoms with van der Waals surface area (Å²) in [7, 11) is 1.90. The predicted octanol–water partition coefficient (Wildman–Crippen LogP) is 2.52. The Morgan fingerprint density at radius 1 is 1.50 bits per heavy atom. The van der Waals surface area contributed by atoms with Gasteiger partial charge in [0, 0.05) is 6.04 Å². The number of carboxylic acids is 1. The van der Waals surface area contributed by atoms with Gasteiger partial charge in [0.25, 0.3) is 0 Å². The first-order chi connectivity index (χ1) is 8.49. The maximum Gasteiger partial charge on any atom is 0.344 e. The van der Waals surface area contributed by atoms with Crippen LogP contribution in [0.25, 0.3) is 0 Å².